The summed E-state index contributed by atoms with van der Waals surface area (Å²) in [4.78, 5) is 10.8. The maximum atomic E-state index is 10.8. The van der Waals surface area contributed by atoms with Crippen molar-refractivity contribution in [2.45, 2.75) is 57.7 Å². The number of hydrogen-bond donors (Lipinski definition) is 2. The molecule has 0 heterocycles. The van der Waals surface area contributed by atoms with Gasteiger partial charge in [-0.25, -0.2) is 0 Å². The average Bonchev–Trinajstić information content (AvgIpc) is 2.21. The third-order valence-electron chi connectivity index (χ3n) is 2.31. The maximum absolute atomic E-state index is 10.8. The maximum Gasteiger partial charge on any atom is 0.305 e. The number of rotatable bonds is 8. The Hall–Kier alpha value is -0.610. The van der Waals surface area contributed by atoms with Gasteiger partial charge in [0.2, 0.25) is 0 Å². The molecule has 0 bridgehead atoms. The zero-order valence-electron chi connectivity index (χ0n) is 9.61. The van der Waals surface area contributed by atoms with Crippen LogP contribution in [-0.2, 0) is 9.53 Å². The first-order valence-electron chi connectivity index (χ1n) is 5.49. The highest BCUT2D eigenvalue weighted by Gasteiger charge is 2.07. The number of carbonyl (C=O) groups is 1. The van der Waals surface area contributed by atoms with Gasteiger partial charge in [0.05, 0.1) is 19.3 Å². The van der Waals surface area contributed by atoms with Crippen molar-refractivity contribution in [3.63, 3.8) is 0 Å². The lowest BCUT2D eigenvalue weighted by molar-refractivity contribution is -0.140. The van der Waals surface area contributed by atoms with Gasteiger partial charge in [-0.2, -0.15) is 0 Å². The van der Waals surface area contributed by atoms with Gasteiger partial charge in [-0.1, -0.05) is 6.42 Å². The number of hydrogen-bond acceptors (Lipinski definition) is 4. The van der Waals surface area contributed by atoms with Gasteiger partial charge in [-0.05, 0) is 32.6 Å². The zero-order chi connectivity index (χ0) is 11.7. The molecule has 0 aliphatic heterocycles. The van der Waals surface area contributed by atoms with Gasteiger partial charge in [0, 0.05) is 6.42 Å². The van der Waals surface area contributed by atoms with E-state index in [0.717, 1.165) is 12.8 Å². The Balaban J connectivity index is 3.31. The van der Waals surface area contributed by atoms with Crippen LogP contribution in [-0.4, -0.2) is 35.5 Å². The molecule has 0 aromatic rings. The smallest absolute Gasteiger partial charge is 0.305 e. The van der Waals surface area contributed by atoms with Crippen LogP contribution in [0.2, 0.25) is 0 Å². The van der Waals surface area contributed by atoms with Gasteiger partial charge in [0.1, 0.15) is 0 Å². The molecule has 0 aliphatic carbocycles. The van der Waals surface area contributed by atoms with Gasteiger partial charge in [0.15, 0.2) is 0 Å². The first-order valence-corrected chi connectivity index (χ1v) is 5.49. The van der Waals surface area contributed by atoms with Gasteiger partial charge in [-0.3, -0.25) is 4.79 Å². The normalized spacial score (nSPS) is 14.7. The number of ether oxygens (including phenoxy) is 1. The Morgan fingerprint density at radius 2 is 1.87 bits per heavy atom. The summed E-state index contributed by atoms with van der Waals surface area (Å²) in [5.41, 5.74) is 0. The van der Waals surface area contributed by atoms with E-state index < -0.39 is 0 Å². The number of unbranched alkanes of at least 4 members (excludes halogenated alkanes) is 1. The zero-order valence-corrected chi connectivity index (χ0v) is 9.61. The minimum atomic E-state index is -0.364. The molecule has 90 valence electrons. The van der Waals surface area contributed by atoms with E-state index in [1.807, 2.05) is 0 Å². The highest BCUT2D eigenvalue weighted by molar-refractivity contribution is 5.68. The van der Waals surface area contributed by atoms with Crippen molar-refractivity contribution in [3.8, 4) is 0 Å². The second-order valence-electron chi connectivity index (χ2n) is 3.90. The summed E-state index contributed by atoms with van der Waals surface area (Å²) in [6.45, 7) is 1.71. The molecule has 0 fully saturated rings. The van der Waals surface area contributed by atoms with Crippen molar-refractivity contribution in [2.75, 3.05) is 7.11 Å². The van der Waals surface area contributed by atoms with Crippen LogP contribution in [0.1, 0.15) is 45.4 Å². The molecule has 15 heavy (non-hydrogen) atoms. The van der Waals surface area contributed by atoms with Crippen molar-refractivity contribution >= 4 is 5.97 Å². The molecule has 0 aliphatic rings. The average molecular weight is 218 g/mol. The molecule has 0 rings (SSSR count). The van der Waals surface area contributed by atoms with Crippen LogP contribution in [0.15, 0.2) is 0 Å². The van der Waals surface area contributed by atoms with Crippen LogP contribution in [0.5, 0.6) is 0 Å². The fourth-order valence-electron chi connectivity index (χ4n) is 1.33. The molecule has 0 aromatic carbocycles. The van der Waals surface area contributed by atoms with E-state index in [1.165, 1.54) is 7.11 Å². The van der Waals surface area contributed by atoms with Crippen molar-refractivity contribution < 1.29 is 19.7 Å². The summed E-state index contributed by atoms with van der Waals surface area (Å²) in [7, 11) is 1.37. The van der Waals surface area contributed by atoms with Crippen LogP contribution in [0.3, 0.4) is 0 Å². The van der Waals surface area contributed by atoms with Crippen molar-refractivity contribution in [2.24, 2.45) is 0 Å². The molecule has 4 heteroatoms. The molecule has 2 N–H and O–H groups in total. The molecule has 2 atom stereocenters. The summed E-state index contributed by atoms with van der Waals surface area (Å²) in [5.74, 6) is -0.200. The summed E-state index contributed by atoms with van der Waals surface area (Å²) in [5, 5.41) is 18.5. The number of methoxy groups -OCH3 is 1. The minimum Gasteiger partial charge on any atom is -0.469 e. The molecular weight excluding hydrogens is 196 g/mol. The van der Waals surface area contributed by atoms with Crippen LogP contribution < -0.4 is 0 Å². The van der Waals surface area contributed by atoms with Gasteiger partial charge in [0.25, 0.3) is 0 Å². The Morgan fingerprint density at radius 1 is 1.20 bits per heavy atom. The SMILES string of the molecule is COC(=O)CCCCC(O)CCC(C)O. The number of aliphatic hydroxyl groups is 2. The summed E-state index contributed by atoms with van der Waals surface area (Å²) in [6.07, 6.45) is 3.19. The molecule has 0 radical (unpaired) electrons. The standard InChI is InChI=1S/C11H22O4/c1-9(12)7-8-10(13)5-3-4-6-11(14)15-2/h9-10,12-13H,3-8H2,1-2H3. The fourth-order valence-corrected chi connectivity index (χ4v) is 1.33. The molecule has 0 saturated heterocycles. The summed E-state index contributed by atoms with van der Waals surface area (Å²) < 4.78 is 4.50. The second-order valence-corrected chi connectivity index (χ2v) is 3.90. The summed E-state index contributed by atoms with van der Waals surface area (Å²) in [6, 6.07) is 0. The highest BCUT2D eigenvalue weighted by Crippen LogP contribution is 2.10. The van der Waals surface area contributed by atoms with Crippen molar-refractivity contribution in [1.82, 2.24) is 0 Å². The number of carbonyl (C=O) groups excluding carboxylic acids is 1. The van der Waals surface area contributed by atoms with E-state index in [4.69, 9.17) is 5.11 Å². The lowest BCUT2D eigenvalue weighted by atomic mass is 10.0. The topological polar surface area (TPSA) is 66.8 Å². The predicted octanol–water partition coefficient (Wildman–Crippen LogP) is 1.24. The Morgan fingerprint density at radius 3 is 2.40 bits per heavy atom. The lowest BCUT2D eigenvalue weighted by Gasteiger charge is -2.11. The van der Waals surface area contributed by atoms with Crippen LogP contribution in [0.25, 0.3) is 0 Å². The Bertz CT molecular complexity index is 168. The third-order valence-corrected chi connectivity index (χ3v) is 2.31. The molecule has 0 spiro atoms. The van der Waals surface area contributed by atoms with Crippen molar-refractivity contribution in [3.05, 3.63) is 0 Å². The van der Waals surface area contributed by atoms with Crippen LogP contribution in [0.4, 0.5) is 0 Å². The molecule has 0 amide bonds. The van der Waals surface area contributed by atoms with Gasteiger partial charge >= 0.3 is 5.97 Å². The molecule has 4 nitrogen and oxygen atoms in total. The van der Waals surface area contributed by atoms with Gasteiger partial charge in [-0.15, -0.1) is 0 Å². The van der Waals surface area contributed by atoms with E-state index >= 15 is 0 Å². The minimum absolute atomic E-state index is 0.200. The number of esters is 1. The second kappa shape index (κ2) is 8.68. The predicted molar refractivity (Wildman–Crippen MR) is 57.4 cm³/mol. The molecular formula is C11H22O4. The first kappa shape index (κ1) is 14.4. The van der Waals surface area contributed by atoms with E-state index in [2.05, 4.69) is 4.74 Å². The molecule has 0 aromatic heterocycles. The molecule has 0 saturated carbocycles. The fraction of sp³-hybridized carbons (Fsp3) is 0.909. The molecule has 2 unspecified atom stereocenters. The largest absolute Gasteiger partial charge is 0.469 e. The van der Waals surface area contributed by atoms with Crippen LogP contribution in [0, 0.1) is 0 Å². The van der Waals surface area contributed by atoms with E-state index in [-0.39, 0.29) is 18.2 Å². The number of aliphatic hydroxyl groups excluding tert-OH is 2. The first-order chi connectivity index (χ1) is 7.06. The monoisotopic (exact) mass is 218 g/mol. The Labute approximate surface area is 91.3 Å². The van der Waals surface area contributed by atoms with Gasteiger partial charge < -0.3 is 14.9 Å². The Kier molecular flexibility index (Phi) is 8.33. The van der Waals surface area contributed by atoms with E-state index in [9.17, 15) is 9.90 Å². The van der Waals surface area contributed by atoms with Crippen LogP contribution >= 0.6 is 0 Å². The van der Waals surface area contributed by atoms with E-state index in [1.54, 1.807) is 6.92 Å². The lowest BCUT2D eigenvalue weighted by Crippen LogP contribution is -2.11. The quantitative estimate of drug-likeness (QED) is 0.475. The van der Waals surface area contributed by atoms with Crippen molar-refractivity contribution in [1.29, 1.82) is 0 Å². The van der Waals surface area contributed by atoms with E-state index in [0.29, 0.717) is 25.7 Å². The summed E-state index contributed by atoms with van der Waals surface area (Å²) >= 11 is 0. The third kappa shape index (κ3) is 9.69. The highest BCUT2D eigenvalue weighted by atomic mass is 16.5.